The van der Waals surface area contributed by atoms with Crippen molar-refractivity contribution in [3.63, 3.8) is 0 Å². The summed E-state index contributed by atoms with van der Waals surface area (Å²) in [5.74, 6) is -0.215. The van der Waals surface area contributed by atoms with E-state index in [4.69, 9.17) is 11.6 Å². The molecule has 136 valence electrons. The molecule has 1 fully saturated rings. The van der Waals surface area contributed by atoms with E-state index in [1.807, 2.05) is 48.2 Å². The second-order valence-electron chi connectivity index (χ2n) is 6.80. The lowest BCUT2D eigenvalue weighted by atomic mass is 10.0. The fourth-order valence-electron chi connectivity index (χ4n) is 3.16. The summed E-state index contributed by atoms with van der Waals surface area (Å²) in [5, 5.41) is 3.61. The van der Waals surface area contributed by atoms with Gasteiger partial charge in [-0.05, 0) is 55.2 Å². The first kappa shape index (κ1) is 18.5. The van der Waals surface area contributed by atoms with Crippen molar-refractivity contribution in [3.8, 4) is 0 Å². The molecule has 0 saturated carbocycles. The van der Waals surface area contributed by atoms with Crippen molar-refractivity contribution in [1.82, 2.24) is 4.90 Å². The first-order chi connectivity index (χ1) is 12.5. The van der Waals surface area contributed by atoms with Crippen LogP contribution in [-0.2, 0) is 11.2 Å². The number of hydrogen-bond donors (Lipinski definition) is 1. The molecule has 1 aliphatic rings. The Kier molecular flexibility index (Phi) is 5.94. The quantitative estimate of drug-likeness (QED) is 0.848. The van der Waals surface area contributed by atoms with Crippen LogP contribution in [0.1, 0.15) is 35.7 Å². The number of hydrogen-bond acceptors (Lipinski definition) is 2. The second-order valence-corrected chi connectivity index (χ2v) is 7.24. The van der Waals surface area contributed by atoms with Gasteiger partial charge in [-0.1, -0.05) is 36.7 Å². The van der Waals surface area contributed by atoms with Crippen LogP contribution >= 0.6 is 11.6 Å². The molecule has 2 amide bonds. The van der Waals surface area contributed by atoms with E-state index in [0.717, 1.165) is 31.5 Å². The Labute approximate surface area is 159 Å². The fourth-order valence-corrected chi connectivity index (χ4v) is 3.29. The molecule has 26 heavy (non-hydrogen) atoms. The van der Waals surface area contributed by atoms with Crippen molar-refractivity contribution in [2.24, 2.45) is 5.92 Å². The molecule has 1 saturated heterocycles. The topological polar surface area (TPSA) is 49.4 Å². The molecular formula is C21H23ClN2O2. The van der Waals surface area contributed by atoms with Crippen LogP contribution in [0.5, 0.6) is 0 Å². The van der Waals surface area contributed by atoms with Gasteiger partial charge in [-0.25, -0.2) is 0 Å². The van der Waals surface area contributed by atoms with Gasteiger partial charge in [0.15, 0.2) is 0 Å². The Morgan fingerprint density at radius 1 is 1.12 bits per heavy atom. The number of nitrogens with one attached hydrogen (secondary N) is 1. The number of nitrogens with zero attached hydrogens (tertiary/aromatic N) is 1. The molecule has 1 aliphatic heterocycles. The number of carbonyl (C=O) groups is 2. The highest BCUT2D eigenvalue weighted by Gasteiger charge is 2.20. The number of anilines is 1. The van der Waals surface area contributed by atoms with Crippen LogP contribution < -0.4 is 5.32 Å². The lowest BCUT2D eigenvalue weighted by Crippen LogP contribution is -2.27. The van der Waals surface area contributed by atoms with Gasteiger partial charge in [-0.15, -0.1) is 0 Å². The zero-order chi connectivity index (χ0) is 18.5. The Balaban J connectivity index is 1.62. The Morgan fingerprint density at radius 3 is 2.50 bits per heavy atom. The number of carbonyl (C=O) groups excluding carboxylic acids is 2. The number of amides is 2. The highest BCUT2D eigenvalue weighted by molar-refractivity contribution is 6.30. The molecule has 1 N–H and O–H groups in total. The van der Waals surface area contributed by atoms with Crippen LogP contribution in [0.15, 0.2) is 48.5 Å². The summed E-state index contributed by atoms with van der Waals surface area (Å²) in [6.45, 7) is 3.52. The molecule has 0 radical (unpaired) electrons. The van der Waals surface area contributed by atoms with Gasteiger partial charge in [0.05, 0.1) is 0 Å². The predicted octanol–water partition coefficient (Wildman–Crippen LogP) is 4.39. The zero-order valence-corrected chi connectivity index (χ0v) is 15.6. The third kappa shape index (κ3) is 4.64. The van der Waals surface area contributed by atoms with Crippen LogP contribution in [0.25, 0.3) is 0 Å². The molecule has 3 rings (SSSR count). The van der Waals surface area contributed by atoms with Crippen LogP contribution in [-0.4, -0.2) is 29.8 Å². The average molecular weight is 371 g/mol. The monoisotopic (exact) mass is 370 g/mol. The molecule has 1 unspecified atom stereocenters. The number of likely N-dealkylation sites (tertiary alicyclic amines) is 1. The fraction of sp³-hybridized carbons (Fsp3) is 0.333. The van der Waals surface area contributed by atoms with Crippen molar-refractivity contribution < 1.29 is 9.59 Å². The minimum Gasteiger partial charge on any atom is -0.339 e. The maximum atomic E-state index is 12.5. The number of halogens is 1. The lowest BCUT2D eigenvalue weighted by Gasteiger charge is -2.16. The summed E-state index contributed by atoms with van der Waals surface area (Å²) < 4.78 is 0. The van der Waals surface area contributed by atoms with E-state index in [1.165, 1.54) is 0 Å². The van der Waals surface area contributed by atoms with Crippen molar-refractivity contribution in [2.45, 2.75) is 26.2 Å². The standard InChI is InChI=1S/C21H23ClN2O2/c1-15(13-16-7-9-18(22)10-8-16)20(25)23-19-6-4-5-17(14-19)21(26)24-11-2-3-12-24/h4-10,14-15H,2-3,11-13H2,1H3,(H,23,25). The normalized spacial score (nSPS) is 14.9. The van der Waals surface area contributed by atoms with E-state index in [0.29, 0.717) is 22.7 Å². The average Bonchev–Trinajstić information content (AvgIpc) is 3.18. The molecule has 4 nitrogen and oxygen atoms in total. The smallest absolute Gasteiger partial charge is 0.253 e. The molecule has 0 spiro atoms. The van der Waals surface area contributed by atoms with Crippen molar-refractivity contribution >= 4 is 29.1 Å². The SMILES string of the molecule is CC(Cc1ccc(Cl)cc1)C(=O)Nc1cccc(C(=O)N2CCCC2)c1. The molecule has 2 aromatic rings. The highest BCUT2D eigenvalue weighted by atomic mass is 35.5. The summed E-state index contributed by atoms with van der Waals surface area (Å²) in [6, 6.07) is 14.7. The summed E-state index contributed by atoms with van der Waals surface area (Å²) in [6.07, 6.45) is 2.75. The number of rotatable bonds is 5. The van der Waals surface area contributed by atoms with Gasteiger partial charge in [0.1, 0.15) is 0 Å². The van der Waals surface area contributed by atoms with E-state index in [9.17, 15) is 9.59 Å². The van der Waals surface area contributed by atoms with E-state index in [1.54, 1.807) is 12.1 Å². The third-order valence-corrected chi connectivity index (χ3v) is 4.93. The van der Waals surface area contributed by atoms with Crippen LogP contribution in [0.4, 0.5) is 5.69 Å². The van der Waals surface area contributed by atoms with Gasteiger partial charge in [-0.2, -0.15) is 0 Å². The van der Waals surface area contributed by atoms with E-state index in [2.05, 4.69) is 5.32 Å². The van der Waals surface area contributed by atoms with Crippen LogP contribution in [0.3, 0.4) is 0 Å². The van der Waals surface area contributed by atoms with Gasteiger partial charge >= 0.3 is 0 Å². The lowest BCUT2D eigenvalue weighted by molar-refractivity contribution is -0.119. The summed E-state index contributed by atoms with van der Waals surface area (Å²) in [4.78, 5) is 26.8. The molecule has 1 atom stereocenters. The van der Waals surface area contributed by atoms with Crippen LogP contribution in [0, 0.1) is 5.92 Å². The highest BCUT2D eigenvalue weighted by Crippen LogP contribution is 2.18. The van der Waals surface area contributed by atoms with Gasteiger partial charge in [0, 0.05) is 35.3 Å². The summed E-state index contributed by atoms with van der Waals surface area (Å²) >= 11 is 5.90. The molecule has 2 aromatic carbocycles. The first-order valence-corrected chi connectivity index (χ1v) is 9.35. The predicted molar refractivity (Wildman–Crippen MR) is 105 cm³/mol. The zero-order valence-electron chi connectivity index (χ0n) is 14.9. The Morgan fingerprint density at radius 2 is 1.81 bits per heavy atom. The maximum absolute atomic E-state index is 12.5. The summed E-state index contributed by atoms with van der Waals surface area (Å²) in [5.41, 5.74) is 2.34. The Bertz CT molecular complexity index is 783. The second kappa shape index (κ2) is 8.37. The first-order valence-electron chi connectivity index (χ1n) is 8.97. The molecule has 0 bridgehead atoms. The van der Waals surface area contributed by atoms with Gasteiger partial charge < -0.3 is 10.2 Å². The largest absolute Gasteiger partial charge is 0.339 e. The van der Waals surface area contributed by atoms with E-state index in [-0.39, 0.29) is 17.7 Å². The molecule has 0 aliphatic carbocycles. The molecular weight excluding hydrogens is 348 g/mol. The van der Waals surface area contributed by atoms with Crippen molar-refractivity contribution in [2.75, 3.05) is 18.4 Å². The third-order valence-electron chi connectivity index (χ3n) is 4.67. The van der Waals surface area contributed by atoms with Crippen molar-refractivity contribution in [3.05, 3.63) is 64.7 Å². The van der Waals surface area contributed by atoms with Gasteiger partial charge in [0.2, 0.25) is 5.91 Å². The van der Waals surface area contributed by atoms with Gasteiger partial charge in [-0.3, -0.25) is 9.59 Å². The molecule has 5 heteroatoms. The molecule has 1 heterocycles. The van der Waals surface area contributed by atoms with E-state index < -0.39 is 0 Å². The van der Waals surface area contributed by atoms with Gasteiger partial charge in [0.25, 0.3) is 5.91 Å². The van der Waals surface area contributed by atoms with E-state index >= 15 is 0 Å². The van der Waals surface area contributed by atoms with Crippen LogP contribution in [0.2, 0.25) is 5.02 Å². The molecule has 0 aromatic heterocycles. The number of benzene rings is 2. The van der Waals surface area contributed by atoms with Crippen molar-refractivity contribution in [1.29, 1.82) is 0 Å². The Hall–Kier alpha value is -2.33. The minimum absolute atomic E-state index is 0.0350. The maximum Gasteiger partial charge on any atom is 0.253 e. The summed E-state index contributed by atoms with van der Waals surface area (Å²) in [7, 11) is 0. The minimum atomic E-state index is -0.186.